The topological polar surface area (TPSA) is 63.6 Å². The maximum Gasteiger partial charge on any atom is 0.339 e. The summed E-state index contributed by atoms with van der Waals surface area (Å²) < 4.78 is 5.35. The SMILES string of the molecule is CC(C)CCCCCOC(=O)c1cccc(CCCCCC(C)C)c1C(=O)O. The monoisotopic (exact) mass is 390 g/mol. The van der Waals surface area contributed by atoms with E-state index in [1.807, 2.05) is 6.07 Å². The van der Waals surface area contributed by atoms with Crippen molar-refractivity contribution in [2.45, 2.75) is 85.5 Å². The normalized spacial score (nSPS) is 11.2. The van der Waals surface area contributed by atoms with E-state index in [1.54, 1.807) is 12.1 Å². The summed E-state index contributed by atoms with van der Waals surface area (Å²) in [5.74, 6) is -0.198. The van der Waals surface area contributed by atoms with Crippen LogP contribution in [0.25, 0.3) is 0 Å². The molecular formula is C24H38O4. The first kappa shape index (κ1) is 24.2. The molecule has 1 aromatic rings. The molecule has 0 unspecified atom stereocenters. The molecule has 0 fully saturated rings. The van der Waals surface area contributed by atoms with E-state index in [1.165, 1.54) is 12.8 Å². The van der Waals surface area contributed by atoms with Crippen molar-refractivity contribution in [3.8, 4) is 0 Å². The Bertz CT molecular complexity index is 605. The van der Waals surface area contributed by atoms with Gasteiger partial charge in [0.05, 0.1) is 17.7 Å². The van der Waals surface area contributed by atoms with Crippen LogP contribution in [0, 0.1) is 11.8 Å². The van der Waals surface area contributed by atoms with E-state index >= 15 is 0 Å². The highest BCUT2D eigenvalue weighted by molar-refractivity contribution is 6.03. The number of benzene rings is 1. The van der Waals surface area contributed by atoms with Gasteiger partial charge in [0.25, 0.3) is 0 Å². The molecule has 28 heavy (non-hydrogen) atoms. The highest BCUT2D eigenvalue weighted by Gasteiger charge is 2.21. The smallest absolute Gasteiger partial charge is 0.339 e. The summed E-state index contributed by atoms with van der Waals surface area (Å²) >= 11 is 0. The average Bonchev–Trinajstić information content (AvgIpc) is 2.63. The zero-order valence-corrected chi connectivity index (χ0v) is 18.1. The summed E-state index contributed by atoms with van der Waals surface area (Å²) in [6, 6.07) is 5.14. The minimum atomic E-state index is -1.05. The molecule has 0 aromatic heterocycles. The molecule has 0 radical (unpaired) electrons. The lowest BCUT2D eigenvalue weighted by Crippen LogP contribution is -2.15. The quantitative estimate of drug-likeness (QED) is 0.290. The number of aryl methyl sites for hydroxylation is 1. The first-order valence-corrected chi connectivity index (χ1v) is 10.8. The molecule has 0 spiro atoms. The van der Waals surface area contributed by atoms with Crippen LogP contribution >= 0.6 is 0 Å². The van der Waals surface area contributed by atoms with Gasteiger partial charge in [-0.3, -0.25) is 0 Å². The molecule has 4 nitrogen and oxygen atoms in total. The molecule has 0 aliphatic heterocycles. The largest absolute Gasteiger partial charge is 0.478 e. The lowest BCUT2D eigenvalue weighted by Gasteiger charge is -2.12. The first-order chi connectivity index (χ1) is 13.3. The molecule has 4 heteroatoms. The number of hydrogen-bond donors (Lipinski definition) is 1. The Labute approximate surface area is 170 Å². The second kappa shape index (κ2) is 13.4. The van der Waals surface area contributed by atoms with Gasteiger partial charge in [-0.2, -0.15) is 0 Å². The lowest BCUT2D eigenvalue weighted by molar-refractivity contribution is 0.0487. The van der Waals surface area contributed by atoms with Crippen molar-refractivity contribution in [3.05, 3.63) is 34.9 Å². The van der Waals surface area contributed by atoms with Crippen LogP contribution in [0.3, 0.4) is 0 Å². The second-order valence-corrected chi connectivity index (χ2v) is 8.52. The fraction of sp³-hybridized carbons (Fsp3) is 0.667. The average molecular weight is 391 g/mol. The minimum absolute atomic E-state index is 0.108. The number of carbonyl (C=O) groups is 2. The van der Waals surface area contributed by atoms with E-state index in [0.717, 1.165) is 44.1 Å². The van der Waals surface area contributed by atoms with Crippen molar-refractivity contribution in [3.63, 3.8) is 0 Å². The van der Waals surface area contributed by atoms with Gasteiger partial charge in [-0.1, -0.05) is 78.4 Å². The molecule has 1 rings (SSSR count). The third-order valence-corrected chi connectivity index (χ3v) is 4.97. The van der Waals surface area contributed by atoms with Crippen molar-refractivity contribution in [1.29, 1.82) is 0 Å². The number of ether oxygens (including phenoxy) is 1. The number of aromatic carboxylic acids is 1. The zero-order chi connectivity index (χ0) is 20.9. The van der Waals surface area contributed by atoms with Gasteiger partial charge in [0.2, 0.25) is 0 Å². The summed E-state index contributed by atoms with van der Waals surface area (Å²) in [7, 11) is 0. The van der Waals surface area contributed by atoms with E-state index in [-0.39, 0.29) is 11.1 Å². The third-order valence-electron chi connectivity index (χ3n) is 4.97. The molecular weight excluding hydrogens is 352 g/mol. The molecule has 0 saturated heterocycles. The number of esters is 1. The maximum atomic E-state index is 12.4. The molecule has 0 saturated carbocycles. The molecule has 1 aromatic carbocycles. The number of unbranched alkanes of at least 4 members (excludes halogenated alkanes) is 4. The second-order valence-electron chi connectivity index (χ2n) is 8.52. The molecule has 0 aliphatic rings. The fourth-order valence-corrected chi connectivity index (χ4v) is 3.35. The van der Waals surface area contributed by atoms with E-state index < -0.39 is 11.9 Å². The van der Waals surface area contributed by atoms with E-state index in [2.05, 4.69) is 27.7 Å². The highest BCUT2D eigenvalue weighted by Crippen LogP contribution is 2.20. The fourth-order valence-electron chi connectivity index (χ4n) is 3.35. The molecule has 0 bridgehead atoms. The number of carboxylic acid groups (broad SMARTS) is 1. The minimum Gasteiger partial charge on any atom is -0.478 e. The van der Waals surface area contributed by atoms with Crippen molar-refractivity contribution in [2.75, 3.05) is 6.61 Å². The Morgan fingerprint density at radius 3 is 2.07 bits per heavy atom. The van der Waals surface area contributed by atoms with Gasteiger partial charge in [-0.15, -0.1) is 0 Å². The Hall–Kier alpha value is -1.84. The zero-order valence-electron chi connectivity index (χ0n) is 18.1. The first-order valence-electron chi connectivity index (χ1n) is 10.8. The van der Waals surface area contributed by atoms with Crippen molar-refractivity contribution < 1.29 is 19.4 Å². The number of carboxylic acids is 1. The number of rotatable bonds is 14. The van der Waals surface area contributed by atoms with Crippen molar-refractivity contribution >= 4 is 11.9 Å². The molecule has 0 atom stereocenters. The highest BCUT2D eigenvalue weighted by atomic mass is 16.5. The Morgan fingerprint density at radius 1 is 0.893 bits per heavy atom. The summed E-state index contributed by atoms with van der Waals surface area (Å²) in [5, 5.41) is 9.66. The van der Waals surface area contributed by atoms with E-state index in [9.17, 15) is 14.7 Å². The van der Waals surface area contributed by atoms with Crippen LogP contribution in [0.1, 0.15) is 105 Å². The Balaban J connectivity index is 2.60. The van der Waals surface area contributed by atoms with Gasteiger partial charge in [-0.05, 0) is 42.7 Å². The predicted octanol–water partition coefficient (Wildman–Crippen LogP) is 6.52. The van der Waals surface area contributed by atoms with Crippen LogP contribution in [-0.2, 0) is 11.2 Å². The molecule has 1 N–H and O–H groups in total. The van der Waals surface area contributed by atoms with Crippen LogP contribution in [0.2, 0.25) is 0 Å². The summed E-state index contributed by atoms with van der Waals surface area (Å²) in [6.45, 7) is 9.16. The van der Waals surface area contributed by atoms with E-state index in [4.69, 9.17) is 4.74 Å². The third kappa shape index (κ3) is 9.38. The number of carbonyl (C=O) groups excluding carboxylic acids is 1. The summed E-state index contributed by atoms with van der Waals surface area (Å²) in [4.78, 5) is 24.2. The summed E-state index contributed by atoms with van der Waals surface area (Å²) in [6.07, 6.45) is 9.16. The van der Waals surface area contributed by atoms with Crippen molar-refractivity contribution in [2.24, 2.45) is 11.8 Å². The summed E-state index contributed by atoms with van der Waals surface area (Å²) in [5.41, 5.74) is 1.01. The van der Waals surface area contributed by atoms with Crippen LogP contribution < -0.4 is 0 Å². The van der Waals surface area contributed by atoms with E-state index in [0.29, 0.717) is 24.9 Å². The van der Waals surface area contributed by atoms with Crippen LogP contribution in [0.15, 0.2) is 18.2 Å². The molecule has 0 heterocycles. The van der Waals surface area contributed by atoms with Gasteiger partial charge in [0, 0.05) is 0 Å². The molecule has 0 amide bonds. The van der Waals surface area contributed by atoms with Gasteiger partial charge in [0.15, 0.2) is 0 Å². The molecule has 0 aliphatic carbocycles. The Kier molecular flexibility index (Phi) is 11.5. The predicted molar refractivity (Wildman–Crippen MR) is 114 cm³/mol. The van der Waals surface area contributed by atoms with Crippen molar-refractivity contribution in [1.82, 2.24) is 0 Å². The number of hydrogen-bond acceptors (Lipinski definition) is 3. The van der Waals surface area contributed by atoms with Crippen LogP contribution in [0.4, 0.5) is 0 Å². The molecule has 158 valence electrons. The van der Waals surface area contributed by atoms with Gasteiger partial charge >= 0.3 is 11.9 Å². The van der Waals surface area contributed by atoms with Gasteiger partial charge < -0.3 is 9.84 Å². The lowest BCUT2D eigenvalue weighted by atomic mass is 9.96. The maximum absolute atomic E-state index is 12.4. The van der Waals surface area contributed by atoms with Gasteiger partial charge in [0.1, 0.15) is 0 Å². The van der Waals surface area contributed by atoms with Crippen LogP contribution in [0.5, 0.6) is 0 Å². The van der Waals surface area contributed by atoms with Crippen LogP contribution in [-0.4, -0.2) is 23.7 Å². The standard InChI is InChI=1S/C24H38O4/c1-18(2)12-7-5-9-14-20-15-11-16-21(22(20)23(25)26)24(27)28-17-10-6-8-13-19(3)4/h11,15-16,18-19H,5-10,12-14,17H2,1-4H3,(H,25,26). The Morgan fingerprint density at radius 2 is 1.50 bits per heavy atom. The van der Waals surface area contributed by atoms with Gasteiger partial charge in [-0.25, -0.2) is 9.59 Å².